The zero-order valence-electron chi connectivity index (χ0n) is 11.8. The molecule has 0 heterocycles. The second-order valence-electron chi connectivity index (χ2n) is 4.85. The number of nitrogens with one attached hydrogen (secondary N) is 2. The van der Waals surface area contributed by atoms with E-state index in [1.54, 1.807) is 0 Å². The Balaban J connectivity index is 2.33. The molecule has 0 saturated carbocycles. The van der Waals surface area contributed by atoms with Gasteiger partial charge in [0.05, 0.1) is 0 Å². The summed E-state index contributed by atoms with van der Waals surface area (Å²) in [6, 6.07) is 6.52. The molecule has 2 N–H and O–H groups in total. The predicted octanol–water partition coefficient (Wildman–Crippen LogP) is 3.02. The smallest absolute Gasteiger partial charge is 0.221 e. The van der Waals surface area contributed by atoms with Gasteiger partial charge in [0.2, 0.25) is 5.91 Å². The van der Waals surface area contributed by atoms with Crippen LogP contribution < -0.4 is 10.6 Å². The van der Waals surface area contributed by atoms with E-state index in [0.717, 1.165) is 12.1 Å². The van der Waals surface area contributed by atoms with Gasteiger partial charge in [-0.25, -0.2) is 0 Å². The molecule has 0 spiro atoms. The maximum atomic E-state index is 11.6. The van der Waals surface area contributed by atoms with Gasteiger partial charge in [-0.05, 0) is 50.5 Å². The highest BCUT2D eigenvalue weighted by atomic mass is 16.1. The normalized spacial score (nSPS) is 12.0. The molecule has 1 unspecified atom stereocenters. The quantitative estimate of drug-likeness (QED) is 0.812. The molecule has 100 valence electrons. The van der Waals surface area contributed by atoms with Crippen LogP contribution in [0, 0.1) is 13.8 Å². The number of carbonyl (C=O) groups is 1. The lowest BCUT2D eigenvalue weighted by atomic mass is 10.1. The number of hydrogen-bond acceptors (Lipinski definition) is 2. The van der Waals surface area contributed by atoms with Gasteiger partial charge in [0.15, 0.2) is 0 Å². The van der Waals surface area contributed by atoms with Gasteiger partial charge in [0.1, 0.15) is 0 Å². The van der Waals surface area contributed by atoms with Crippen LogP contribution >= 0.6 is 0 Å². The molecule has 1 aromatic carbocycles. The Hall–Kier alpha value is -1.51. The third-order valence-corrected chi connectivity index (χ3v) is 3.21. The first-order valence-electron chi connectivity index (χ1n) is 6.63. The molecule has 0 aliphatic heterocycles. The Morgan fingerprint density at radius 1 is 1.28 bits per heavy atom. The number of rotatable bonds is 6. The lowest BCUT2D eigenvalue weighted by molar-refractivity contribution is -0.121. The van der Waals surface area contributed by atoms with Crippen molar-refractivity contribution in [2.75, 3.05) is 11.9 Å². The van der Waals surface area contributed by atoms with Crippen molar-refractivity contribution in [3.05, 3.63) is 29.3 Å². The summed E-state index contributed by atoms with van der Waals surface area (Å²) in [7, 11) is 0. The van der Waals surface area contributed by atoms with Crippen LogP contribution in [0.15, 0.2) is 18.2 Å². The summed E-state index contributed by atoms with van der Waals surface area (Å²) in [6.07, 6.45) is 1.48. The molecule has 0 aromatic heterocycles. The summed E-state index contributed by atoms with van der Waals surface area (Å²) < 4.78 is 0. The number of carbonyl (C=O) groups excluding carboxylic acids is 1. The fourth-order valence-corrected chi connectivity index (χ4v) is 1.62. The first-order chi connectivity index (χ1) is 8.52. The predicted molar refractivity (Wildman–Crippen MR) is 76.9 cm³/mol. The van der Waals surface area contributed by atoms with E-state index in [0.29, 0.717) is 13.0 Å². The van der Waals surface area contributed by atoms with E-state index < -0.39 is 0 Å². The van der Waals surface area contributed by atoms with Crippen LogP contribution in [0.4, 0.5) is 5.69 Å². The summed E-state index contributed by atoms with van der Waals surface area (Å²) in [5, 5.41) is 6.23. The molecule has 0 aliphatic rings. The third-order valence-electron chi connectivity index (χ3n) is 3.21. The molecule has 1 aromatic rings. The SMILES string of the molecule is CCC(C)NC(=O)CCNc1ccc(C)c(C)c1. The van der Waals surface area contributed by atoms with Crippen LogP contribution in [0.1, 0.15) is 37.8 Å². The number of hydrogen-bond donors (Lipinski definition) is 2. The third kappa shape index (κ3) is 4.78. The highest BCUT2D eigenvalue weighted by Crippen LogP contribution is 2.13. The Bertz CT molecular complexity index is 401. The van der Waals surface area contributed by atoms with Crippen molar-refractivity contribution in [1.82, 2.24) is 5.32 Å². The molecule has 1 rings (SSSR count). The average molecular weight is 248 g/mol. The maximum absolute atomic E-state index is 11.6. The first kappa shape index (κ1) is 14.6. The summed E-state index contributed by atoms with van der Waals surface area (Å²) in [5.74, 6) is 0.112. The molecule has 1 atom stereocenters. The number of aryl methyl sites for hydroxylation is 2. The Labute approximate surface area is 110 Å². The Kier molecular flexibility index (Phi) is 5.69. The van der Waals surface area contributed by atoms with Gasteiger partial charge in [-0.15, -0.1) is 0 Å². The number of amides is 1. The van der Waals surface area contributed by atoms with Crippen LogP contribution in [0.25, 0.3) is 0 Å². The standard InChI is InChI=1S/C15H24N2O/c1-5-13(4)17-15(18)8-9-16-14-7-6-11(2)12(3)10-14/h6-7,10,13,16H,5,8-9H2,1-4H3,(H,17,18). The molecule has 0 saturated heterocycles. The van der Waals surface area contributed by atoms with Crippen LogP contribution in [-0.4, -0.2) is 18.5 Å². The minimum absolute atomic E-state index is 0.112. The zero-order valence-corrected chi connectivity index (χ0v) is 11.8. The second-order valence-corrected chi connectivity index (χ2v) is 4.85. The van der Waals surface area contributed by atoms with E-state index in [2.05, 4.69) is 49.6 Å². The second kappa shape index (κ2) is 7.04. The fraction of sp³-hybridized carbons (Fsp3) is 0.533. The lowest BCUT2D eigenvalue weighted by Gasteiger charge is -2.12. The summed E-state index contributed by atoms with van der Waals surface area (Å²) in [6.45, 7) is 8.95. The highest BCUT2D eigenvalue weighted by molar-refractivity contribution is 5.76. The van der Waals surface area contributed by atoms with Crippen LogP contribution in [0.2, 0.25) is 0 Å². The van der Waals surface area contributed by atoms with E-state index in [1.807, 2.05) is 6.92 Å². The van der Waals surface area contributed by atoms with Gasteiger partial charge in [-0.3, -0.25) is 4.79 Å². The van der Waals surface area contributed by atoms with E-state index in [1.165, 1.54) is 11.1 Å². The van der Waals surface area contributed by atoms with Gasteiger partial charge in [0, 0.05) is 24.7 Å². The van der Waals surface area contributed by atoms with Crippen molar-refractivity contribution in [2.24, 2.45) is 0 Å². The minimum atomic E-state index is 0.112. The monoisotopic (exact) mass is 248 g/mol. The molecule has 0 aliphatic carbocycles. The first-order valence-corrected chi connectivity index (χ1v) is 6.63. The molecular weight excluding hydrogens is 224 g/mol. The van der Waals surface area contributed by atoms with Crippen molar-refractivity contribution in [2.45, 2.75) is 46.6 Å². The topological polar surface area (TPSA) is 41.1 Å². The summed E-state index contributed by atoms with van der Waals surface area (Å²) in [4.78, 5) is 11.6. The average Bonchev–Trinajstić information content (AvgIpc) is 2.33. The van der Waals surface area contributed by atoms with Gasteiger partial charge in [0.25, 0.3) is 0 Å². The molecule has 1 amide bonds. The van der Waals surface area contributed by atoms with E-state index in [-0.39, 0.29) is 11.9 Å². The molecule has 0 radical (unpaired) electrons. The van der Waals surface area contributed by atoms with Crippen molar-refractivity contribution < 1.29 is 4.79 Å². The summed E-state index contributed by atoms with van der Waals surface area (Å²) >= 11 is 0. The number of anilines is 1. The maximum Gasteiger partial charge on any atom is 0.221 e. The Morgan fingerprint density at radius 3 is 2.61 bits per heavy atom. The van der Waals surface area contributed by atoms with E-state index >= 15 is 0 Å². The van der Waals surface area contributed by atoms with Crippen molar-refractivity contribution >= 4 is 11.6 Å². The summed E-state index contributed by atoms with van der Waals surface area (Å²) in [5.41, 5.74) is 3.63. The molecule has 18 heavy (non-hydrogen) atoms. The van der Waals surface area contributed by atoms with Gasteiger partial charge in [-0.2, -0.15) is 0 Å². The molecule has 0 fully saturated rings. The highest BCUT2D eigenvalue weighted by Gasteiger charge is 2.04. The van der Waals surface area contributed by atoms with Crippen molar-refractivity contribution in [1.29, 1.82) is 0 Å². The Morgan fingerprint density at radius 2 is 2.00 bits per heavy atom. The molecule has 3 heteroatoms. The lowest BCUT2D eigenvalue weighted by Crippen LogP contribution is -2.32. The molecule has 3 nitrogen and oxygen atoms in total. The van der Waals surface area contributed by atoms with Gasteiger partial charge >= 0.3 is 0 Å². The molecular formula is C15H24N2O. The number of benzene rings is 1. The molecule has 0 bridgehead atoms. The van der Waals surface area contributed by atoms with E-state index in [4.69, 9.17) is 0 Å². The van der Waals surface area contributed by atoms with Crippen molar-refractivity contribution in [3.8, 4) is 0 Å². The largest absolute Gasteiger partial charge is 0.385 e. The van der Waals surface area contributed by atoms with Crippen LogP contribution in [0.3, 0.4) is 0 Å². The zero-order chi connectivity index (χ0) is 13.5. The van der Waals surface area contributed by atoms with Crippen molar-refractivity contribution in [3.63, 3.8) is 0 Å². The van der Waals surface area contributed by atoms with Gasteiger partial charge < -0.3 is 10.6 Å². The minimum Gasteiger partial charge on any atom is -0.385 e. The van der Waals surface area contributed by atoms with Crippen LogP contribution in [0.5, 0.6) is 0 Å². The van der Waals surface area contributed by atoms with Crippen LogP contribution in [-0.2, 0) is 4.79 Å². The van der Waals surface area contributed by atoms with Gasteiger partial charge in [-0.1, -0.05) is 13.0 Å². The van der Waals surface area contributed by atoms with E-state index in [9.17, 15) is 4.79 Å². The fourth-order valence-electron chi connectivity index (χ4n) is 1.62.